The molecule has 1 heterocycles. The van der Waals surface area contributed by atoms with Gasteiger partial charge in [-0.1, -0.05) is 48.6 Å². The summed E-state index contributed by atoms with van der Waals surface area (Å²) < 4.78 is 0. The van der Waals surface area contributed by atoms with Crippen LogP contribution < -0.4 is 0 Å². The Morgan fingerprint density at radius 1 is 1.18 bits per heavy atom. The molecule has 86 valence electrons. The molecule has 1 aromatic rings. The molecule has 0 spiro atoms. The van der Waals surface area contributed by atoms with E-state index >= 15 is 0 Å². The van der Waals surface area contributed by atoms with E-state index in [0.29, 0.717) is 0 Å². The molecule has 0 bridgehead atoms. The van der Waals surface area contributed by atoms with Crippen LogP contribution in [-0.2, 0) is 4.79 Å². The Morgan fingerprint density at radius 2 is 1.82 bits per heavy atom. The van der Waals surface area contributed by atoms with Crippen LogP contribution in [0.5, 0.6) is 0 Å². The van der Waals surface area contributed by atoms with Crippen molar-refractivity contribution in [3.8, 4) is 0 Å². The van der Waals surface area contributed by atoms with E-state index in [9.17, 15) is 4.79 Å². The van der Waals surface area contributed by atoms with E-state index in [1.807, 2.05) is 49.7 Å². The van der Waals surface area contributed by atoms with Crippen molar-refractivity contribution in [3.63, 3.8) is 0 Å². The standard InChI is InChI=1S/C15H15NO/c1-2-6-15(17)16-11-9-14(10-12-16)13-7-4-3-5-8-13/h2-12,14H,1H3. The second-order valence-corrected chi connectivity index (χ2v) is 3.87. The van der Waals surface area contributed by atoms with E-state index in [4.69, 9.17) is 0 Å². The topological polar surface area (TPSA) is 20.3 Å². The molecule has 2 nitrogen and oxygen atoms in total. The van der Waals surface area contributed by atoms with E-state index in [2.05, 4.69) is 12.1 Å². The van der Waals surface area contributed by atoms with Crippen LogP contribution in [-0.4, -0.2) is 10.8 Å². The fraction of sp³-hybridized carbons (Fsp3) is 0.133. The summed E-state index contributed by atoms with van der Waals surface area (Å²) in [6, 6.07) is 10.2. The number of allylic oxidation sites excluding steroid dienone is 3. The van der Waals surface area contributed by atoms with Crippen LogP contribution in [0.2, 0.25) is 0 Å². The van der Waals surface area contributed by atoms with Gasteiger partial charge in [0.1, 0.15) is 0 Å². The van der Waals surface area contributed by atoms with Gasteiger partial charge in [0.2, 0.25) is 0 Å². The lowest BCUT2D eigenvalue weighted by Crippen LogP contribution is -2.19. The maximum atomic E-state index is 11.6. The van der Waals surface area contributed by atoms with E-state index < -0.39 is 0 Å². The first-order valence-electron chi connectivity index (χ1n) is 5.68. The SMILES string of the molecule is CC=CC(=O)N1C=CC(c2ccccc2)C=C1. The molecule has 0 radical (unpaired) electrons. The van der Waals surface area contributed by atoms with Crippen molar-refractivity contribution in [2.45, 2.75) is 12.8 Å². The molecule has 17 heavy (non-hydrogen) atoms. The van der Waals surface area contributed by atoms with Gasteiger partial charge in [-0.2, -0.15) is 0 Å². The van der Waals surface area contributed by atoms with Crippen molar-refractivity contribution < 1.29 is 4.79 Å². The smallest absolute Gasteiger partial charge is 0.254 e. The molecule has 1 aliphatic rings. The van der Waals surface area contributed by atoms with Crippen LogP contribution in [0.15, 0.2) is 67.0 Å². The third-order valence-electron chi connectivity index (χ3n) is 2.66. The van der Waals surface area contributed by atoms with Gasteiger partial charge in [-0.3, -0.25) is 9.69 Å². The Hall–Kier alpha value is -2.09. The molecule has 0 saturated heterocycles. The zero-order chi connectivity index (χ0) is 12.1. The van der Waals surface area contributed by atoms with Crippen molar-refractivity contribution in [1.29, 1.82) is 0 Å². The zero-order valence-corrected chi connectivity index (χ0v) is 9.78. The van der Waals surface area contributed by atoms with Crippen LogP contribution in [0, 0.1) is 0 Å². The summed E-state index contributed by atoms with van der Waals surface area (Å²) in [5.74, 6) is 0.234. The van der Waals surface area contributed by atoms with Crippen LogP contribution >= 0.6 is 0 Å². The van der Waals surface area contributed by atoms with Crippen molar-refractivity contribution in [1.82, 2.24) is 4.90 Å². The van der Waals surface area contributed by atoms with Crippen LogP contribution in [0.1, 0.15) is 18.4 Å². The van der Waals surface area contributed by atoms with Crippen molar-refractivity contribution in [3.05, 3.63) is 72.6 Å². The predicted octanol–water partition coefficient (Wildman–Crippen LogP) is 3.22. The molecule has 0 aliphatic carbocycles. The Kier molecular flexibility index (Phi) is 3.55. The Bertz CT molecular complexity index is 457. The first kappa shape index (κ1) is 11.4. The maximum Gasteiger partial charge on any atom is 0.254 e. The number of carbonyl (C=O) groups excluding carboxylic acids is 1. The fourth-order valence-electron chi connectivity index (χ4n) is 1.76. The van der Waals surface area contributed by atoms with Crippen LogP contribution in [0.4, 0.5) is 0 Å². The van der Waals surface area contributed by atoms with Gasteiger partial charge in [0.25, 0.3) is 5.91 Å². The molecule has 0 fully saturated rings. The molecule has 1 amide bonds. The number of hydrogen-bond acceptors (Lipinski definition) is 1. The molecular weight excluding hydrogens is 210 g/mol. The van der Waals surface area contributed by atoms with Crippen molar-refractivity contribution in [2.24, 2.45) is 0 Å². The van der Waals surface area contributed by atoms with Crippen molar-refractivity contribution in [2.75, 3.05) is 0 Å². The average molecular weight is 225 g/mol. The summed E-state index contributed by atoms with van der Waals surface area (Å²) in [4.78, 5) is 13.2. The van der Waals surface area contributed by atoms with Gasteiger partial charge >= 0.3 is 0 Å². The van der Waals surface area contributed by atoms with Gasteiger partial charge in [-0.05, 0) is 18.6 Å². The number of carbonyl (C=O) groups is 1. The first-order valence-corrected chi connectivity index (χ1v) is 5.68. The van der Waals surface area contributed by atoms with Gasteiger partial charge in [0, 0.05) is 18.3 Å². The Morgan fingerprint density at radius 3 is 2.41 bits per heavy atom. The Balaban J connectivity index is 2.09. The lowest BCUT2D eigenvalue weighted by molar-refractivity contribution is -0.121. The molecule has 2 heteroatoms. The number of rotatable bonds is 2. The summed E-state index contributed by atoms with van der Waals surface area (Å²) in [5.41, 5.74) is 1.23. The van der Waals surface area contributed by atoms with Gasteiger partial charge in [0.05, 0.1) is 0 Å². The zero-order valence-electron chi connectivity index (χ0n) is 9.78. The van der Waals surface area contributed by atoms with Gasteiger partial charge in [-0.15, -0.1) is 0 Å². The number of amides is 1. The molecule has 2 rings (SSSR count). The minimum atomic E-state index is -0.0217. The molecule has 0 aromatic heterocycles. The molecule has 0 atom stereocenters. The molecular formula is C15H15NO. The first-order chi connectivity index (χ1) is 8.31. The molecule has 0 unspecified atom stereocenters. The summed E-state index contributed by atoms with van der Waals surface area (Å²) in [5, 5.41) is 0. The summed E-state index contributed by atoms with van der Waals surface area (Å²) in [7, 11) is 0. The largest absolute Gasteiger partial charge is 0.292 e. The monoisotopic (exact) mass is 225 g/mol. The summed E-state index contributed by atoms with van der Waals surface area (Å²) in [6.07, 6.45) is 11.0. The highest BCUT2D eigenvalue weighted by Crippen LogP contribution is 2.22. The van der Waals surface area contributed by atoms with E-state index in [-0.39, 0.29) is 11.8 Å². The molecule has 1 aromatic carbocycles. The van der Waals surface area contributed by atoms with Crippen LogP contribution in [0.25, 0.3) is 0 Å². The highest BCUT2D eigenvalue weighted by atomic mass is 16.2. The van der Waals surface area contributed by atoms with Crippen molar-refractivity contribution >= 4 is 5.91 Å². The molecule has 1 aliphatic heterocycles. The number of hydrogen-bond donors (Lipinski definition) is 0. The predicted molar refractivity (Wildman–Crippen MR) is 69.1 cm³/mol. The molecule has 0 N–H and O–H groups in total. The number of benzene rings is 1. The molecule has 0 saturated carbocycles. The van der Waals surface area contributed by atoms with E-state index in [1.165, 1.54) is 5.56 Å². The maximum absolute atomic E-state index is 11.6. The lowest BCUT2D eigenvalue weighted by atomic mass is 9.98. The highest BCUT2D eigenvalue weighted by Gasteiger charge is 2.11. The van der Waals surface area contributed by atoms with Gasteiger partial charge < -0.3 is 0 Å². The third-order valence-corrected chi connectivity index (χ3v) is 2.66. The van der Waals surface area contributed by atoms with E-state index in [1.54, 1.807) is 17.1 Å². The van der Waals surface area contributed by atoms with Gasteiger partial charge in [-0.25, -0.2) is 0 Å². The minimum Gasteiger partial charge on any atom is -0.292 e. The fourth-order valence-corrected chi connectivity index (χ4v) is 1.76. The Labute approximate surface area is 102 Å². The third kappa shape index (κ3) is 2.72. The number of nitrogens with zero attached hydrogens (tertiary/aromatic N) is 1. The van der Waals surface area contributed by atoms with Crippen LogP contribution in [0.3, 0.4) is 0 Å². The summed E-state index contributed by atoms with van der Waals surface area (Å²) >= 11 is 0. The lowest BCUT2D eigenvalue weighted by Gasteiger charge is -2.19. The quantitative estimate of drug-likeness (QED) is 0.708. The average Bonchev–Trinajstić information content (AvgIpc) is 2.40. The minimum absolute atomic E-state index is 0.0217. The normalized spacial score (nSPS) is 15.7. The second-order valence-electron chi connectivity index (χ2n) is 3.87. The van der Waals surface area contributed by atoms with E-state index in [0.717, 1.165) is 0 Å². The highest BCUT2D eigenvalue weighted by molar-refractivity contribution is 5.89. The summed E-state index contributed by atoms with van der Waals surface area (Å²) in [6.45, 7) is 1.84. The van der Waals surface area contributed by atoms with Gasteiger partial charge in [0.15, 0.2) is 0 Å². The second kappa shape index (κ2) is 5.30.